The molecule has 0 aliphatic rings. The topological polar surface area (TPSA) is 105 Å². The van der Waals surface area contributed by atoms with Crippen molar-refractivity contribution in [1.82, 2.24) is 4.98 Å². The van der Waals surface area contributed by atoms with Gasteiger partial charge in [0.25, 0.3) is 5.69 Å². The monoisotopic (exact) mass is 422 g/mol. The molecule has 0 atom stereocenters. The third kappa shape index (κ3) is 4.76. The highest BCUT2D eigenvalue weighted by atomic mass is 32.1. The molecule has 8 nitrogen and oxygen atoms in total. The molecule has 2 amide bonds. The molecule has 3 rings (SSSR count). The van der Waals surface area contributed by atoms with Gasteiger partial charge in [-0.05, 0) is 31.2 Å². The van der Waals surface area contributed by atoms with E-state index in [9.17, 15) is 19.7 Å². The SMILES string of the molecule is CC(=O)N(c1ccccc1)c1nc(/C=C/C(=O)Nc2cccc([N+](=O)[O-])c2C)cs1. The Labute approximate surface area is 176 Å². The Morgan fingerprint density at radius 2 is 1.90 bits per heavy atom. The summed E-state index contributed by atoms with van der Waals surface area (Å²) in [5, 5.41) is 15.9. The molecule has 0 unspecified atom stereocenters. The van der Waals surface area contributed by atoms with E-state index in [0.717, 1.165) is 0 Å². The maximum atomic E-state index is 12.2. The molecular weight excluding hydrogens is 404 g/mol. The average Bonchev–Trinajstić information content (AvgIpc) is 3.17. The number of nitro groups is 1. The van der Waals surface area contributed by atoms with Crippen molar-refractivity contribution < 1.29 is 14.5 Å². The van der Waals surface area contributed by atoms with Crippen LogP contribution in [0.15, 0.2) is 60.0 Å². The standard InChI is InChI=1S/C21H18N4O4S/c1-14-18(9-6-10-19(14)25(28)29)23-20(27)12-11-16-13-30-21(22-16)24(15(2)26)17-7-4-3-5-8-17/h3-13H,1-2H3,(H,23,27)/b12-11+. The minimum absolute atomic E-state index is 0.0637. The van der Waals surface area contributed by atoms with Crippen molar-refractivity contribution >= 4 is 51.4 Å². The van der Waals surface area contributed by atoms with E-state index in [4.69, 9.17) is 0 Å². The summed E-state index contributed by atoms with van der Waals surface area (Å²) in [6.07, 6.45) is 2.81. The van der Waals surface area contributed by atoms with Gasteiger partial charge in [-0.25, -0.2) is 4.98 Å². The van der Waals surface area contributed by atoms with Crippen molar-refractivity contribution in [1.29, 1.82) is 0 Å². The second-order valence-electron chi connectivity index (χ2n) is 6.27. The molecule has 1 heterocycles. The fourth-order valence-electron chi connectivity index (χ4n) is 2.75. The number of thiazole rings is 1. The van der Waals surface area contributed by atoms with Gasteiger partial charge in [0, 0.05) is 24.4 Å². The molecule has 0 saturated carbocycles. The minimum atomic E-state index is -0.495. The molecule has 0 bridgehead atoms. The van der Waals surface area contributed by atoms with Crippen molar-refractivity contribution in [3.8, 4) is 0 Å². The van der Waals surface area contributed by atoms with Crippen LogP contribution in [0, 0.1) is 17.0 Å². The van der Waals surface area contributed by atoms with Crippen LogP contribution in [0.1, 0.15) is 18.2 Å². The Morgan fingerprint density at radius 3 is 2.57 bits per heavy atom. The first kappa shape index (κ1) is 20.9. The fourth-order valence-corrected chi connectivity index (χ4v) is 3.61. The quantitative estimate of drug-likeness (QED) is 0.352. The van der Waals surface area contributed by atoms with Gasteiger partial charge in [0.1, 0.15) is 0 Å². The summed E-state index contributed by atoms with van der Waals surface area (Å²) in [5.74, 6) is -0.621. The van der Waals surface area contributed by atoms with Crippen LogP contribution in [0.3, 0.4) is 0 Å². The number of carbonyl (C=O) groups is 2. The number of hydrogen-bond donors (Lipinski definition) is 1. The largest absolute Gasteiger partial charge is 0.322 e. The van der Waals surface area contributed by atoms with E-state index in [0.29, 0.717) is 27.8 Å². The van der Waals surface area contributed by atoms with Gasteiger partial charge in [-0.3, -0.25) is 24.6 Å². The zero-order valence-electron chi connectivity index (χ0n) is 16.2. The van der Waals surface area contributed by atoms with Gasteiger partial charge < -0.3 is 5.32 Å². The van der Waals surface area contributed by atoms with Crippen molar-refractivity contribution in [3.05, 3.63) is 81.4 Å². The summed E-state index contributed by atoms with van der Waals surface area (Å²) in [6.45, 7) is 3.03. The van der Waals surface area contributed by atoms with E-state index in [1.807, 2.05) is 30.3 Å². The number of amides is 2. The first-order chi connectivity index (χ1) is 14.4. The summed E-state index contributed by atoms with van der Waals surface area (Å²) in [6, 6.07) is 13.6. The fraction of sp³-hybridized carbons (Fsp3) is 0.0952. The molecule has 0 aliphatic carbocycles. The highest BCUT2D eigenvalue weighted by Gasteiger charge is 2.17. The highest BCUT2D eigenvalue weighted by molar-refractivity contribution is 7.14. The summed E-state index contributed by atoms with van der Waals surface area (Å²) in [4.78, 5) is 40.8. The molecule has 152 valence electrons. The van der Waals surface area contributed by atoms with Gasteiger partial charge in [0.2, 0.25) is 11.8 Å². The number of para-hydroxylation sites is 1. The molecule has 3 aromatic rings. The number of nitrogens with zero attached hydrogens (tertiary/aromatic N) is 3. The summed E-state index contributed by atoms with van der Waals surface area (Å²) >= 11 is 1.28. The van der Waals surface area contributed by atoms with E-state index in [2.05, 4.69) is 10.3 Å². The number of benzene rings is 2. The predicted molar refractivity (Wildman–Crippen MR) is 117 cm³/mol. The van der Waals surface area contributed by atoms with Crippen LogP contribution in [-0.2, 0) is 9.59 Å². The van der Waals surface area contributed by atoms with Crippen LogP contribution >= 0.6 is 11.3 Å². The number of nitro benzene ring substituents is 1. The Kier molecular flexibility index (Phi) is 6.33. The third-order valence-electron chi connectivity index (χ3n) is 4.20. The number of aromatic nitrogens is 1. The zero-order chi connectivity index (χ0) is 21.7. The Hall–Kier alpha value is -3.85. The first-order valence-corrected chi connectivity index (χ1v) is 9.79. The number of nitrogens with one attached hydrogen (secondary N) is 1. The molecule has 0 spiro atoms. The molecule has 0 radical (unpaired) electrons. The average molecular weight is 422 g/mol. The van der Waals surface area contributed by atoms with Gasteiger partial charge in [-0.2, -0.15) is 0 Å². The zero-order valence-corrected chi connectivity index (χ0v) is 17.1. The van der Waals surface area contributed by atoms with E-state index < -0.39 is 10.8 Å². The Bertz CT molecular complexity index is 1130. The number of rotatable bonds is 6. The molecule has 9 heteroatoms. The second-order valence-corrected chi connectivity index (χ2v) is 7.11. The van der Waals surface area contributed by atoms with Crippen LogP contribution in [0.25, 0.3) is 6.08 Å². The first-order valence-electron chi connectivity index (χ1n) is 8.91. The van der Waals surface area contributed by atoms with Gasteiger partial charge >= 0.3 is 0 Å². The van der Waals surface area contributed by atoms with Crippen LogP contribution < -0.4 is 10.2 Å². The van der Waals surface area contributed by atoms with Gasteiger partial charge in [-0.15, -0.1) is 11.3 Å². The molecule has 1 N–H and O–H groups in total. The summed E-state index contributed by atoms with van der Waals surface area (Å²) in [5.41, 5.74) is 1.90. The highest BCUT2D eigenvalue weighted by Crippen LogP contribution is 2.29. The molecule has 0 saturated heterocycles. The van der Waals surface area contributed by atoms with Gasteiger partial charge in [0.05, 0.1) is 27.6 Å². The molecule has 2 aromatic carbocycles. The van der Waals surface area contributed by atoms with Crippen molar-refractivity contribution in [2.75, 3.05) is 10.2 Å². The summed E-state index contributed by atoms with van der Waals surface area (Å²) < 4.78 is 0. The third-order valence-corrected chi connectivity index (χ3v) is 5.04. The Balaban J connectivity index is 1.74. The Morgan fingerprint density at radius 1 is 1.17 bits per heavy atom. The number of anilines is 3. The second kappa shape index (κ2) is 9.10. The lowest BCUT2D eigenvalue weighted by Gasteiger charge is -2.17. The van der Waals surface area contributed by atoms with E-state index >= 15 is 0 Å². The van der Waals surface area contributed by atoms with Crippen LogP contribution in [0.4, 0.5) is 22.2 Å². The molecular formula is C21H18N4O4S. The van der Waals surface area contributed by atoms with Gasteiger partial charge in [-0.1, -0.05) is 24.3 Å². The smallest absolute Gasteiger partial charge is 0.274 e. The van der Waals surface area contributed by atoms with Crippen molar-refractivity contribution in [3.63, 3.8) is 0 Å². The maximum Gasteiger partial charge on any atom is 0.274 e. The lowest BCUT2D eigenvalue weighted by molar-refractivity contribution is -0.385. The maximum absolute atomic E-state index is 12.2. The predicted octanol–water partition coefficient (Wildman–Crippen LogP) is 4.70. The van der Waals surface area contributed by atoms with E-state index in [-0.39, 0.29) is 11.6 Å². The lowest BCUT2D eigenvalue weighted by atomic mass is 10.1. The lowest BCUT2D eigenvalue weighted by Crippen LogP contribution is -2.22. The molecule has 1 aromatic heterocycles. The van der Waals surface area contributed by atoms with E-state index in [1.165, 1.54) is 47.4 Å². The normalized spacial score (nSPS) is 10.7. The van der Waals surface area contributed by atoms with Crippen molar-refractivity contribution in [2.45, 2.75) is 13.8 Å². The van der Waals surface area contributed by atoms with Crippen LogP contribution in [-0.4, -0.2) is 21.7 Å². The number of carbonyl (C=O) groups excluding carboxylic acids is 2. The van der Waals surface area contributed by atoms with E-state index in [1.54, 1.807) is 18.4 Å². The van der Waals surface area contributed by atoms with Gasteiger partial charge in [0.15, 0.2) is 5.13 Å². The molecule has 0 aliphatic heterocycles. The van der Waals surface area contributed by atoms with Crippen LogP contribution in [0.2, 0.25) is 0 Å². The minimum Gasteiger partial charge on any atom is -0.322 e. The summed E-state index contributed by atoms with van der Waals surface area (Å²) in [7, 11) is 0. The van der Waals surface area contributed by atoms with Crippen LogP contribution in [0.5, 0.6) is 0 Å². The molecule has 0 fully saturated rings. The van der Waals surface area contributed by atoms with Crippen molar-refractivity contribution in [2.24, 2.45) is 0 Å². The molecule has 30 heavy (non-hydrogen) atoms. The number of hydrogen-bond acceptors (Lipinski definition) is 6.